The molecule has 0 bridgehead atoms. The van der Waals surface area contributed by atoms with Gasteiger partial charge in [0.25, 0.3) is 0 Å². The Balaban J connectivity index is 1.86. The molecule has 0 spiro atoms. The maximum Gasteiger partial charge on any atom is 0.0876 e. The zero-order valence-electron chi connectivity index (χ0n) is 10.5. The molecule has 0 aromatic heterocycles. The summed E-state index contributed by atoms with van der Waals surface area (Å²) in [6, 6.07) is 0.588. The van der Waals surface area contributed by atoms with Gasteiger partial charge in [-0.25, -0.2) is 0 Å². The lowest BCUT2D eigenvalue weighted by Gasteiger charge is -2.32. The molecular weight excluding hydrogens is 198 g/mol. The summed E-state index contributed by atoms with van der Waals surface area (Å²) in [6.45, 7) is 4.28. The van der Waals surface area contributed by atoms with Gasteiger partial charge >= 0.3 is 0 Å². The molecule has 0 radical (unpaired) electrons. The molecule has 2 heteroatoms. The second-order valence-corrected chi connectivity index (χ2v) is 5.21. The van der Waals surface area contributed by atoms with E-state index in [0.717, 1.165) is 19.1 Å². The van der Waals surface area contributed by atoms with E-state index >= 15 is 0 Å². The largest absolute Gasteiger partial charge is 0.501 e. The van der Waals surface area contributed by atoms with Crippen LogP contribution < -0.4 is 5.32 Å². The zero-order valence-corrected chi connectivity index (χ0v) is 10.5. The van der Waals surface area contributed by atoms with E-state index in [1.165, 1.54) is 50.5 Å². The van der Waals surface area contributed by atoms with Crippen molar-refractivity contribution in [3.63, 3.8) is 0 Å². The summed E-state index contributed by atoms with van der Waals surface area (Å²) in [5.74, 6) is 0.970. The van der Waals surface area contributed by atoms with Gasteiger partial charge in [-0.15, -0.1) is 0 Å². The predicted octanol–water partition coefficient (Wildman–Crippen LogP) is 3.24. The summed E-state index contributed by atoms with van der Waals surface area (Å²) in [5.41, 5.74) is 1.51. The lowest BCUT2D eigenvalue weighted by molar-refractivity contribution is 0.210. The van der Waals surface area contributed by atoms with Gasteiger partial charge in [0, 0.05) is 6.04 Å². The van der Waals surface area contributed by atoms with Crippen molar-refractivity contribution >= 4 is 0 Å². The van der Waals surface area contributed by atoms with Gasteiger partial charge in [0.15, 0.2) is 0 Å². The first-order valence-electron chi connectivity index (χ1n) is 6.94. The number of nitrogens with one attached hydrogen (secondary N) is 1. The Hall–Kier alpha value is -0.500. The predicted molar refractivity (Wildman–Crippen MR) is 67.3 cm³/mol. The lowest BCUT2D eigenvalue weighted by Crippen LogP contribution is -2.35. The minimum atomic E-state index is 0.588. The minimum absolute atomic E-state index is 0.588. The first-order chi connectivity index (χ1) is 7.90. The van der Waals surface area contributed by atoms with Crippen molar-refractivity contribution in [2.75, 3.05) is 13.2 Å². The molecule has 92 valence electrons. The Bertz CT molecular complexity index is 233. The fourth-order valence-corrected chi connectivity index (χ4v) is 2.59. The van der Waals surface area contributed by atoms with Gasteiger partial charge < -0.3 is 10.1 Å². The normalized spacial score (nSPS) is 23.2. The van der Waals surface area contributed by atoms with Crippen molar-refractivity contribution in [3.05, 3.63) is 11.8 Å². The first-order valence-corrected chi connectivity index (χ1v) is 6.94. The molecule has 2 aliphatic rings. The smallest absolute Gasteiger partial charge is 0.0876 e. The summed E-state index contributed by atoms with van der Waals surface area (Å²) in [7, 11) is 0. The second kappa shape index (κ2) is 6.29. The SMILES string of the molecule is CCCNC(CC1CCC1)C1=COCCC1. The number of hydrogen-bond acceptors (Lipinski definition) is 2. The number of hydrogen-bond donors (Lipinski definition) is 1. The molecule has 0 aromatic carbocycles. The lowest BCUT2D eigenvalue weighted by atomic mass is 9.79. The quantitative estimate of drug-likeness (QED) is 0.746. The van der Waals surface area contributed by atoms with Crippen LogP contribution >= 0.6 is 0 Å². The van der Waals surface area contributed by atoms with E-state index in [9.17, 15) is 0 Å². The highest BCUT2D eigenvalue weighted by Crippen LogP contribution is 2.33. The highest BCUT2D eigenvalue weighted by molar-refractivity contribution is 5.10. The monoisotopic (exact) mass is 223 g/mol. The molecule has 1 N–H and O–H groups in total. The van der Waals surface area contributed by atoms with Crippen molar-refractivity contribution in [1.82, 2.24) is 5.32 Å². The average molecular weight is 223 g/mol. The van der Waals surface area contributed by atoms with Gasteiger partial charge in [-0.05, 0) is 43.7 Å². The molecule has 2 rings (SSSR count). The van der Waals surface area contributed by atoms with Crippen LogP contribution in [0.15, 0.2) is 11.8 Å². The van der Waals surface area contributed by atoms with Crippen LogP contribution in [0, 0.1) is 5.92 Å². The number of ether oxygens (including phenoxy) is 1. The van der Waals surface area contributed by atoms with Gasteiger partial charge in [-0.2, -0.15) is 0 Å². The maximum atomic E-state index is 5.47. The average Bonchev–Trinajstić information content (AvgIpc) is 2.28. The first kappa shape index (κ1) is 12.0. The summed E-state index contributed by atoms with van der Waals surface area (Å²) < 4.78 is 5.47. The Kier molecular flexibility index (Phi) is 4.70. The fourth-order valence-electron chi connectivity index (χ4n) is 2.59. The van der Waals surface area contributed by atoms with Crippen molar-refractivity contribution in [2.24, 2.45) is 5.92 Å². The summed E-state index contributed by atoms with van der Waals surface area (Å²) in [5, 5.41) is 3.69. The topological polar surface area (TPSA) is 21.3 Å². The van der Waals surface area contributed by atoms with Crippen LogP contribution in [-0.4, -0.2) is 19.2 Å². The van der Waals surface area contributed by atoms with Crippen LogP contribution in [0.4, 0.5) is 0 Å². The van der Waals surface area contributed by atoms with Gasteiger partial charge in [0.1, 0.15) is 0 Å². The molecule has 1 heterocycles. The van der Waals surface area contributed by atoms with Gasteiger partial charge in [-0.1, -0.05) is 26.2 Å². The minimum Gasteiger partial charge on any atom is -0.501 e. The third kappa shape index (κ3) is 3.24. The molecule has 0 saturated heterocycles. The molecule has 1 aliphatic heterocycles. The Morgan fingerprint density at radius 3 is 2.88 bits per heavy atom. The molecule has 1 atom stereocenters. The highest BCUT2D eigenvalue weighted by atomic mass is 16.5. The highest BCUT2D eigenvalue weighted by Gasteiger charge is 2.24. The van der Waals surface area contributed by atoms with E-state index in [1.54, 1.807) is 0 Å². The van der Waals surface area contributed by atoms with Crippen molar-refractivity contribution in [3.8, 4) is 0 Å². The van der Waals surface area contributed by atoms with Crippen molar-refractivity contribution in [1.29, 1.82) is 0 Å². The van der Waals surface area contributed by atoms with Crippen LogP contribution in [0.5, 0.6) is 0 Å². The van der Waals surface area contributed by atoms with Crippen LogP contribution in [0.25, 0.3) is 0 Å². The van der Waals surface area contributed by atoms with E-state index < -0.39 is 0 Å². The molecule has 0 amide bonds. The van der Waals surface area contributed by atoms with Crippen molar-refractivity contribution in [2.45, 2.75) is 57.9 Å². The Labute approximate surface area is 99.4 Å². The van der Waals surface area contributed by atoms with Crippen LogP contribution in [0.1, 0.15) is 51.9 Å². The fraction of sp³-hybridized carbons (Fsp3) is 0.857. The van der Waals surface area contributed by atoms with Crippen LogP contribution in [0.3, 0.4) is 0 Å². The molecule has 2 nitrogen and oxygen atoms in total. The van der Waals surface area contributed by atoms with E-state index in [2.05, 4.69) is 12.2 Å². The third-order valence-corrected chi connectivity index (χ3v) is 3.84. The molecule has 16 heavy (non-hydrogen) atoms. The van der Waals surface area contributed by atoms with Gasteiger partial charge in [-0.3, -0.25) is 0 Å². The van der Waals surface area contributed by atoms with E-state index in [1.807, 2.05) is 6.26 Å². The molecule has 1 saturated carbocycles. The molecule has 1 aliphatic carbocycles. The van der Waals surface area contributed by atoms with E-state index in [4.69, 9.17) is 4.74 Å². The summed E-state index contributed by atoms with van der Waals surface area (Å²) in [4.78, 5) is 0. The molecular formula is C14H25NO. The summed E-state index contributed by atoms with van der Waals surface area (Å²) >= 11 is 0. The zero-order chi connectivity index (χ0) is 11.2. The molecule has 0 aromatic rings. The molecule has 1 unspecified atom stereocenters. The van der Waals surface area contributed by atoms with E-state index in [-0.39, 0.29) is 0 Å². The third-order valence-electron chi connectivity index (χ3n) is 3.84. The van der Waals surface area contributed by atoms with Crippen molar-refractivity contribution < 1.29 is 4.74 Å². The van der Waals surface area contributed by atoms with Gasteiger partial charge in [0.05, 0.1) is 12.9 Å². The summed E-state index contributed by atoms with van der Waals surface area (Å²) in [6.07, 6.45) is 11.3. The van der Waals surface area contributed by atoms with E-state index in [0.29, 0.717) is 6.04 Å². The Morgan fingerprint density at radius 1 is 1.44 bits per heavy atom. The van der Waals surface area contributed by atoms with Crippen LogP contribution in [-0.2, 0) is 4.74 Å². The van der Waals surface area contributed by atoms with Gasteiger partial charge in [0.2, 0.25) is 0 Å². The second-order valence-electron chi connectivity index (χ2n) is 5.21. The Morgan fingerprint density at radius 2 is 2.31 bits per heavy atom. The maximum absolute atomic E-state index is 5.47. The van der Waals surface area contributed by atoms with Crippen LogP contribution in [0.2, 0.25) is 0 Å². The number of rotatable bonds is 6. The molecule has 1 fully saturated rings. The standard InChI is InChI=1S/C14H25NO/c1-2-8-15-14(10-12-5-3-6-12)13-7-4-9-16-11-13/h11-12,14-15H,2-10H2,1H3.